The zero-order valence-electron chi connectivity index (χ0n) is 9.14. The molecule has 1 rings (SSSR count). The van der Waals surface area contributed by atoms with Crippen LogP contribution in [-0.4, -0.2) is 41.0 Å². The van der Waals surface area contributed by atoms with Gasteiger partial charge in [0.1, 0.15) is 0 Å². The molecule has 0 spiro atoms. The van der Waals surface area contributed by atoms with E-state index in [0.29, 0.717) is 13.1 Å². The highest BCUT2D eigenvalue weighted by molar-refractivity contribution is 5.85. The Bertz CT molecular complexity index is 261. The molecule has 5 heteroatoms. The van der Waals surface area contributed by atoms with Crippen molar-refractivity contribution in [1.82, 2.24) is 4.90 Å². The summed E-state index contributed by atoms with van der Waals surface area (Å²) in [6.45, 7) is 4.52. The van der Waals surface area contributed by atoms with Crippen molar-refractivity contribution in [3.63, 3.8) is 0 Å². The first-order valence-electron chi connectivity index (χ1n) is 5.24. The molecule has 0 bridgehead atoms. The molecule has 1 fully saturated rings. The summed E-state index contributed by atoms with van der Waals surface area (Å²) in [5.74, 6) is -1.22. The Kier molecular flexibility index (Phi) is 3.68. The van der Waals surface area contributed by atoms with Crippen LogP contribution in [0.2, 0.25) is 0 Å². The van der Waals surface area contributed by atoms with Crippen LogP contribution in [0.25, 0.3) is 0 Å². The monoisotopic (exact) mass is 214 g/mol. The Morgan fingerprint density at radius 3 is 2.47 bits per heavy atom. The molecule has 1 heterocycles. The van der Waals surface area contributed by atoms with Gasteiger partial charge in [0.15, 0.2) is 0 Å². The Labute approximate surface area is 89.2 Å². The molecule has 15 heavy (non-hydrogen) atoms. The van der Waals surface area contributed by atoms with Crippen molar-refractivity contribution < 1.29 is 14.7 Å². The van der Waals surface area contributed by atoms with Crippen molar-refractivity contribution in [2.45, 2.75) is 26.3 Å². The number of nitrogens with two attached hydrogens (primary N) is 1. The lowest BCUT2D eigenvalue weighted by atomic mass is 9.94. The number of nitrogens with zero attached hydrogens (tertiary/aromatic N) is 1. The fourth-order valence-corrected chi connectivity index (χ4v) is 1.52. The molecule has 5 nitrogen and oxygen atoms in total. The van der Waals surface area contributed by atoms with E-state index in [1.54, 1.807) is 0 Å². The molecule has 86 valence electrons. The SMILES string of the molecule is CC[C@H](C)[C@H](N)C(=O)N1CC(C(=O)O)C1. The van der Waals surface area contributed by atoms with Gasteiger partial charge >= 0.3 is 5.97 Å². The van der Waals surface area contributed by atoms with Gasteiger partial charge in [0.25, 0.3) is 0 Å². The van der Waals surface area contributed by atoms with E-state index < -0.39 is 17.9 Å². The molecule has 3 N–H and O–H groups in total. The standard InChI is InChI=1S/C10H18N2O3/c1-3-6(2)8(11)9(13)12-4-7(5-12)10(14)15/h6-8H,3-5,11H2,1-2H3,(H,14,15)/t6-,8-/m0/s1. The number of rotatable bonds is 4. The molecular formula is C10H18N2O3. The van der Waals surface area contributed by atoms with Crippen molar-refractivity contribution in [1.29, 1.82) is 0 Å². The molecule has 1 amide bonds. The maximum atomic E-state index is 11.7. The van der Waals surface area contributed by atoms with Gasteiger partial charge in [-0.1, -0.05) is 20.3 Å². The van der Waals surface area contributed by atoms with E-state index in [2.05, 4.69) is 0 Å². The van der Waals surface area contributed by atoms with E-state index >= 15 is 0 Å². The summed E-state index contributed by atoms with van der Waals surface area (Å²) in [5, 5.41) is 8.66. The van der Waals surface area contributed by atoms with Gasteiger partial charge in [0.2, 0.25) is 5.91 Å². The van der Waals surface area contributed by atoms with Crippen LogP contribution in [0.1, 0.15) is 20.3 Å². The molecule has 0 aliphatic carbocycles. The molecule has 0 aromatic carbocycles. The van der Waals surface area contributed by atoms with Crippen LogP contribution in [-0.2, 0) is 9.59 Å². The summed E-state index contributed by atoms with van der Waals surface area (Å²) >= 11 is 0. The van der Waals surface area contributed by atoms with Crippen LogP contribution in [0.5, 0.6) is 0 Å². The maximum absolute atomic E-state index is 11.7. The van der Waals surface area contributed by atoms with Gasteiger partial charge < -0.3 is 15.7 Å². The summed E-state index contributed by atoms with van der Waals surface area (Å²) in [7, 11) is 0. The second-order valence-electron chi connectivity index (χ2n) is 4.19. The van der Waals surface area contributed by atoms with E-state index in [1.807, 2.05) is 13.8 Å². The van der Waals surface area contributed by atoms with Crippen molar-refractivity contribution >= 4 is 11.9 Å². The van der Waals surface area contributed by atoms with Crippen LogP contribution < -0.4 is 5.73 Å². The fourth-order valence-electron chi connectivity index (χ4n) is 1.52. The first-order valence-corrected chi connectivity index (χ1v) is 5.24. The van der Waals surface area contributed by atoms with Gasteiger partial charge in [-0.2, -0.15) is 0 Å². The lowest BCUT2D eigenvalue weighted by molar-refractivity contribution is -0.153. The smallest absolute Gasteiger partial charge is 0.310 e. The van der Waals surface area contributed by atoms with Crippen LogP contribution >= 0.6 is 0 Å². The lowest BCUT2D eigenvalue weighted by Gasteiger charge is -2.39. The topological polar surface area (TPSA) is 83.6 Å². The van der Waals surface area contributed by atoms with Crippen LogP contribution in [0.4, 0.5) is 0 Å². The van der Waals surface area contributed by atoms with Crippen LogP contribution in [0, 0.1) is 11.8 Å². The van der Waals surface area contributed by atoms with Crippen LogP contribution in [0.15, 0.2) is 0 Å². The number of aliphatic carboxylic acids is 1. The number of amides is 1. The lowest BCUT2D eigenvalue weighted by Crippen LogP contribution is -2.58. The number of carbonyl (C=O) groups is 2. The van der Waals surface area contributed by atoms with Gasteiger partial charge in [-0.15, -0.1) is 0 Å². The van der Waals surface area contributed by atoms with Crippen molar-refractivity contribution in [3.8, 4) is 0 Å². The number of hydrogen-bond donors (Lipinski definition) is 2. The Morgan fingerprint density at radius 1 is 1.53 bits per heavy atom. The number of carboxylic acids is 1. The third-order valence-electron chi connectivity index (χ3n) is 3.08. The molecule has 1 aliphatic heterocycles. The largest absolute Gasteiger partial charge is 0.481 e. The minimum atomic E-state index is -0.837. The zero-order chi connectivity index (χ0) is 11.6. The zero-order valence-corrected chi connectivity index (χ0v) is 9.14. The number of carboxylic acid groups (broad SMARTS) is 1. The van der Waals surface area contributed by atoms with E-state index in [1.165, 1.54) is 4.90 Å². The minimum Gasteiger partial charge on any atom is -0.481 e. The molecule has 0 aromatic rings. The predicted molar refractivity (Wildman–Crippen MR) is 55.1 cm³/mol. The maximum Gasteiger partial charge on any atom is 0.310 e. The first kappa shape index (κ1) is 12.0. The van der Waals surface area contributed by atoms with Gasteiger partial charge in [0.05, 0.1) is 12.0 Å². The summed E-state index contributed by atoms with van der Waals surface area (Å²) in [4.78, 5) is 23.8. The number of likely N-dealkylation sites (tertiary alicyclic amines) is 1. The van der Waals surface area contributed by atoms with E-state index in [-0.39, 0.29) is 11.8 Å². The third kappa shape index (κ3) is 2.47. The highest BCUT2D eigenvalue weighted by atomic mass is 16.4. The van der Waals surface area contributed by atoms with E-state index in [9.17, 15) is 9.59 Å². The minimum absolute atomic E-state index is 0.123. The average Bonchev–Trinajstić information content (AvgIpc) is 2.12. The highest BCUT2D eigenvalue weighted by Crippen LogP contribution is 2.18. The molecule has 0 aromatic heterocycles. The van der Waals surface area contributed by atoms with Gasteiger partial charge in [0, 0.05) is 13.1 Å². The molecule has 1 saturated heterocycles. The summed E-state index contributed by atoms with van der Waals surface area (Å²) in [6.07, 6.45) is 0.850. The molecule has 1 aliphatic rings. The Balaban J connectivity index is 2.41. The summed E-state index contributed by atoms with van der Waals surface area (Å²) in [5.41, 5.74) is 5.76. The van der Waals surface area contributed by atoms with Gasteiger partial charge in [-0.05, 0) is 5.92 Å². The average molecular weight is 214 g/mol. The molecule has 2 atom stereocenters. The van der Waals surface area contributed by atoms with E-state index in [4.69, 9.17) is 10.8 Å². The summed E-state index contributed by atoms with van der Waals surface area (Å²) < 4.78 is 0. The second kappa shape index (κ2) is 4.61. The van der Waals surface area contributed by atoms with Crippen molar-refractivity contribution in [2.75, 3.05) is 13.1 Å². The van der Waals surface area contributed by atoms with E-state index in [0.717, 1.165) is 6.42 Å². The highest BCUT2D eigenvalue weighted by Gasteiger charge is 2.38. The molecule has 0 unspecified atom stereocenters. The Morgan fingerprint density at radius 2 is 2.07 bits per heavy atom. The van der Waals surface area contributed by atoms with Gasteiger partial charge in [-0.3, -0.25) is 9.59 Å². The van der Waals surface area contributed by atoms with Gasteiger partial charge in [-0.25, -0.2) is 0 Å². The number of hydrogen-bond acceptors (Lipinski definition) is 3. The third-order valence-corrected chi connectivity index (χ3v) is 3.08. The predicted octanol–water partition coefficient (Wildman–Crippen LogP) is -0.0972. The normalized spacial score (nSPS) is 20.6. The van der Waals surface area contributed by atoms with Crippen molar-refractivity contribution in [3.05, 3.63) is 0 Å². The summed E-state index contributed by atoms with van der Waals surface area (Å²) in [6, 6.07) is -0.496. The fraction of sp³-hybridized carbons (Fsp3) is 0.800. The quantitative estimate of drug-likeness (QED) is 0.684. The molecule has 0 saturated carbocycles. The molecular weight excluding hydrogens is 196 g/mol. The van der Waals surface area contributed by atoms with Crippen LogP contribution in [0.3, 0.4) is 0 Å². The Hall–Kier alpha value is -1.10. The second-order valence-corrected chi connectivity index (χ2v) is 4.19. The number of carbonyl (C=O) groups excluding carboxylic acids is 1. The van der Waals surface area contributed by atoms with Crippen molar-refractivity contribution in [2.24, 2.45) is 17.6 Å². The first-order chi connectivity index (χ1) is 6.97. The molecule has 0 radical (unpaired) electrons.